The smallest absolute Gasteiger partial charge is 0.220 e. The number of Topliss-reactive ketones (excluding diaryl/α,β-unsaturated/α-hetero) is 1. The van der Waals surface area contributed by atoms with Crippen LogP contribution >= 0.6 is 27.3 Å². The lowest BCUT2D eigenvalue weighted by Gasteiger charge is -2.17. The monoisotopic (exact) mass is 379 g/mol. The minimum atomic E-state index is -0.0836. The van der Waals surface area contributed by atoms with Crippen LogP contribution in [0.25, 0.3) is 0 Å². The molecule has 1 amide bonds. The predicted molar refractivity (Wildman–Crippen MR) is 93.2 cm³/mol. The molecule has 0 bridgehead atoms. The van der Waals surface area contributed by atoms with Crippen LogP contribution < -0.4 is 5.32 Å². The molecular weight excluding hydrogens is 362 g/mol. The van der Waals surface area contributed by atoms with Gasteiger partial charge in [0.25, 0.3) is 0 Å². The molecule has 5 heteroatoms. The topological polar surface area (TPSA) is 46.2 Å². The molecule has 2 rings (SSSR count). The highest BCUT2D eigenvalue weighted by atomic mass is 79.9. The summed E-state index contributed by atoms with van der Waals surface area (Å²) in [6, 6.07) is 11.5. The van der Waals surface area contributed by atoms with Gasteiger partial charge in [-0.3, -0.25) is 9.59 Å². The third-order valence-electron chi connectivity index (χ3n) is 3.39. The summed E-state index contributed by atoms with van der Waals surface area (Å²) in [6.45, 7) is 2.03. The van der Waals surface area contributed by atoms with Crippen molar-refractivity contribution in [2.75, 3.05) is 0 Å². The highest BCUT2D eigenvalue weighted by molar-refractivity contribution is 9.10. The standard InChI is InChI=1S/C17H18BrNO2S/c1-2-14(12-5-7-13(18)8-6-12)19-17(21)10-9-15(20)16-4-3-11-22-16/h3-8,11,14H,2,9-10H2,1H3,(H,19,21). The first-order valence-electron chi connectivity index (χ1n) is 7.21. The largest absolute Gasteiger partial charge is 0.349 e. The number of carbonyl (C=O) groups excluding carboxylic acids is 2. The Morgan fingerprint density at radius 3 is 2.50 bits per heavy atom. The highest BCUT2D eigenvalue weighted by Gasteiger charge is 2.14. The molecule has 0 saturated heterocycles. The van der Waals surface area contributed by atoms with E-state index in [0.29, 0.717) is 4.88 Å². The van der Waals surface area contributed by atoms with Gasteiger partial charge in [0.15, 0.2) is 5.78 Å². The van der Waals surface area contributed by atoms with Gasteiger partial charge in [-0.25, -0.2) is 0 Å². The van der Waals surface area contributed by atoms with Crippen molar-refractivity contribution in [3.05, 3.63) is 56.7 Å². The fraction of sp³-hybridized carbons (Fsp3) is 0.294. The van der Waals surface area contributed by atoms with Gasteiger partial charge in [-0.15, -0.1) is 11.3 Å². The van der Waals surface area contributed by atoms with Crippen LogP contribution in [0, 0.1) is 0 Å². The van der Waals surface area contributed by atoms with Gasteiger partial charge in [-0.1, -0.05) is 41.1 Å². The van der Waals surface area contributed by atoms with Crippen LogP contribution in [0.1, 0.15) is 47.5 Å². The molecule has 1 N–H and O–H groups in total. The first-order valence-corrected chi connectivity index (χ1v) is 8.89. The van der Waals surface area contributed by atoms with E-state index in [4.69, 9.17) is 0 Å². The van der Waals surface area contributed by atoms with Crippen molar-refractivity contribution >= 4 is 39.0 Å². The number of carbonyl (C=O) groups is 2. The lowest BCUT2D eigenvalue weighted by Crippen LogP contribution is -2.28. The van der Waals surface area contributed by atoms with E-state index in [-0.39, 0.29) is 30.6 Å². The summed E-state index contributed by atoms with van der Waals surface area (Å²) in [4.78, 5) is 24.7. The van der Waals surface area contributed by atoms with Gasteiger partial charge in [-0.05, 0) is 35.6 Å². The first-order chi connectivity index (χ1) is 10.6. The molecule has 22 heavy (non-hydrogen) atoms. The van der Waals surface area contributed by atoms with Crippen molar-refractivity contribution in [1.29, 1.82) is 0 Å². The van der Waals surface area contributed by atoms with Crippen molar-refractivity contribution in [3.63, 3.8) is 0 Å². The molecule has 0 aliphatic carbocycles. The van der Waals surface area contributed by atoms with E-state index in [9.17, 15) is 9.59 Å². The van der Waals surface area contributed by atoms with Gasteiger partial charge in [0.05, 0.1) is 10.9 Å². The molecule has 0 fully saturated rings. The second-order valence-corrected chi connectivity index (χ2v) is 6.84. The first kappa shape index (κ1) is 16.9. The van der Waals surface area contributed by atoms with Gasteiger partial charge >= 0.3 is 0 Å². The van der Waals surface area contributed by atoms with Crippen LogP contribution in [-0.2, 0) is 4.79 Å². The third-order valence-corrected chi connectivity index (χ3v) is 4.83. The lowest BCUT2D eigenvalue weighted by molar-refractivity contribution is -0.121. The molecule has 2 aromatic rings. The minimum absolute atomic E-state index is 0.0163. The molecule has 1 aromatic carbocycles. The maximum absolute atomic E-state index is 12.1. The van der Waals surface area contributed by atoms with Crippen LogP contribution in [0.15, 0.2) is 46.3 Å². The average Bonchev–Trinajstić information content (AvgIpc) is 3.05. The molecule has 1 unspecified atom stereocenters. The predicted octanol–water partition coefficient (Wildman–Crippen LogP) is 4.74. The summed E-state index contributed by atoms with van der Waals surface area (Å²) in [5.41, 5.74) is 1.07. The molecule has 0 spiro atoms. The van der Waals surface area contributed by atoms with Crippen LogP contribution in [0.5, 0.6) is 0 Å². The van der Waals surface area contributed by atoms with E-state index in [0.717, 1.165) is 16.5 Å². The SMILES string of the molecule is CCC(NC(=O)CCC(=O)c1cccs1)c1ccc(Br)cc1. The third kappa shape index (κ3) is 4.78. The molecule has 0 saturated carbocycles. The second-order valence-electron chi connectivity index (χ2n) is 4.98. The average molecular weight is 380 g/mol. The lowest BCUT2D eigenvalue weighted by atomic mass is 10.0. The Bertz CT molecular complexity index is 623. The molecular formula is C17H18BrNO2S. The van der Waals surface area contributed by atoms with Crippen molar-refractivity contribution in [1.82, 2.24) is 5.32 Å². The Balaban J connectivity index is 1.87. The zero-order valence-electron chi connectivity index (χ0n) is 12.3. The van der Waals surface area contributed by atoms with E-state index >= 15 is 0 Å². The van der Waals surface area contributed by atoms with E-state index < -0.39 is 0 Å². The molecule has 116 valence electrons. The quantitative estimate of drug-likeness (QED) is 0.706. The molecule has 3 nitrogen and oxygen atoms in total. The van der Waals surface area contributed by atoms with Crippen LogP contribution in [0.3, 0.4) is 0 Å². The van der Waals surface area contributed by atoms with Gasteiger partial charge < -0.3 is 5.32 Å². The van der Waals surface area contributed by atoms with Gasteiger partial charge in [-0.2, -0.15) is 0 Å². The molecule has 1 heterocycles. The number of hydrogen-bond donors (Lipinski definition) is 1. The van der Waals surface area contributed by atoms with Crippen molar-refractivity contribution in [2.45, 2.75) is 32.2 Å². The maximum Gasteiger partial charge on any atom is 0.220 e. The normalized spacial score (nSPS) is 11.9. The van der Waals surface area contributed by atoms with Gasteiger partial charge in [0.1, 0.15) is 0 Å². The summed E-state index contributed by atoms with van der Waals surface area (Å²) in [5, 5.41) is 4.87. The molecule has 0 aliphatic rings. The Morgan fingerprint density at radius 1 is 1.18 bits per heavy atom. The molecule has 1 aromatic heterocycles. The highest BCUT2D eigenvalue weighted by Crippen LogP contribution is 2.20. The summed E-state index contributed by atoms with van der Waals surface area (Å²) in [7, 11) is 0. The maximum atomic E-state index is 12.1. The summed E-state index contributed by atoms with van der Waals surface area (Å²) in [5.74, 6) is -0.0542. The summed E-state index contributed by atoms with van der Waals surface area (Å²) < 4.78 is 1.01. The number of ketones is 1. The molecule has 0 aliphatic heterocycles. The number of amides is 1. The van der Waals surface area contributed by atoms with Crippen LogP contribution in [0.4, 0.5) is 0 Å². The summed E-state index contributed by atoms with van der Waals surface area (Å²) in [6.07, 6.45) is 1.29. The fourth-order valence-electron chi connectivity index (χ4n) is 2.17. The second kappa shape index (κ2) is 8.25. The summed E-state index contributed by atoms with van der Waals surface area (Å²) >= 11 is 4.82. The van der Waals surface area contributed by atoms with E-state index in [1.807, 2.05) is 42.6 Å². The number of thiophene rings is 1. The van der Waals surface area contributed by atoms with Crippen molar-refractivity contribution in [2.24, 2.45) is 0 Å². The van der Waals surface area contributed by atoms with Gasteiger partial charge in [0, 0.05) is 17.3 Å². The Labute approximate surface area is 142 Å². The van der Waals surface area contributed by atoms with Gasteiger partial charge in [0.2, 0.25) is 5.91 Å². The number of rotatable bonds is 7. The number of benzene rings is 1. The number of halogens is 1. The fourth-order valence-corrected chi connectivity index (χ4v) is 3.13. The van der Waals surface area contributed by atoms with Crippen molar-refractivity contribution in [3.8, 4) is 0 Å². The Morgan fingerprint density at radius 2 is 1.91 bits per heavy atom. The van der Waals surface area contributed by atoms with Crippen molar-refractivity contribution < 1.29 is 9.59 Å². The van der Waals surface area contributed by atoms with E-state index in [1.165, 1.54) is 11.3 Å². The van der Waals surface area contributed by atoms with E-state index in [1.54, 1.807) is 6.07 Å². The Kier molecular flexibility index (Phi) is 6.34. The molecule has 0 radical (unpaired) electrons. The van der Waals surface area contributed by atoms with E-state index in [2.05, 4.69) is 21.2 Å². The zero-order chi connectivity index (χ0) is 15.9. The Hall–Kier alpha value is -1.46. The van der Waals surface area contributed by atoms with Crippen LogP contribution in [-0.4, -0.2) is 11.7 Å². The minimum Gasteiger partial charge on any atom is -0.349 e. The number of nitrogens with one attached hydrogen (secondary N) is 1. The molecule has 1 atom stereocenters. The zero-order valence-corrected chi connectivity index (χ0v) is 14.7. The van der Waals surface area contributed by atoms with Crippen LogP contribution in [0.2, 0.25) is 0 Å². The number of hydrogen-bond acceptors (Lipinski definition) is 3.